The maximum atomic E-state index is 12.7. The highest BCUT2D eigenvalue weighted by Crippen LogP contribution is 2.30. The van der Waals surface area contributed by atoms with Crippen molar-refractivity contribution in [2.45, 2.75) is 31.8 Å². The summed E-state index contributed by atoms with van der Waals surface area (Å²) in [5.74, 6) is 2.15. The number of likely N-dealkylation sites (tertiary alicyclic amines) is 1. The molecular formula is C20H21N3O3S. The van der Waals surface area contributed by atoms with Crippen LogP contribution >= 0.6 is 11.3 Å². The van der Waals surface area contributed by atoms with E-state index in [0.717, 1.165) is 18.4 Å². The number of carbonyl (C=O) groups is 1. The van der Waals surface area contributed by atoms with Crippen LogP contribution in [0.15, 0.2) is 51.6 Å². The van der Waals surface area contributed by atoms with Crippen LogP contribution in [-0.4, -0.2) is 40.2 Å². The van der Waals surface area contributed by atoms with E-state index in [1.807, 2.05) is 52.1 Å². The lowest BCUT2D eigenvalue weighted by atomic mass is 9.96. The Hall–Kier alpha value is -2.67. The number of benzene rings is 1. The van der Waals surface area contributed by atoms with Gasteiger partial charge in [-0.15, -0.1) is 10.2 Å². The van der Waals surface area contributed by atoms with Crippen molar-refractivity contribution in [3.63, 3.8) is 0 Å². The van der Waals surface area contributed by atoms with Gasteiger partial charge in [0.25, 0.3) is 5.91 Å². The fourth-order valence-corrected chi connectivity index (χ4v) is 3.89. The Kier molecular flexibility index (Phi) is 5.20. The third-order valence-electron chi connectivity index (χ3n) is 4.77. The zero-order chi connectivity index (χ0) is 18.6. The smallest absolute Gasteiger partial charge is 0.263 e. The second-order valence-electron chi connectivity index (χ2n) is 6.63. The van der Waals surface area contributed by atoms with Crippen molar-refractivity contribution in [1.82, 2.24) is 15.1 Å². The number of rotatable bonds is 5. The van der Waals surface area contributed by atoms with Crippen LogP contribution in [0.25, 0.3) is 11.5 Å². The molecule has 3 aromatic rings. The quantitative estimate of drug-likeness (QED) is 0.667. The molecule has 27 heavy (non-hydrogen) atoms. The first kappa shape index (κ1) is 17.7. The third kappa shape index (κ3) is 4.03. The van der Waals surface area contributed by atoms with Gasteiger partial charge in [-0.05, 0) is 43.3 Å². The number of thiophene rings is 1. The topological polar surface area (TPSA) is 68.5 Å². The second kappa shape index (κ2) is 7.92. The molecule has 4 rings (SSSR count). The zero-order valence-corrected chi connectivity index (χ0v) is 15.9. The van der Waals surface area contributed by atoms with E-state index in [2.05, 4.69) is 10.2 Å². The summed E-state index contributed by atoms with van der Waals surface area (Å²) >= 11 is 1.60. The molecule has 0 N–H and O–H groups in total. The van der Waals surface area contributed by atoms with Gasteiger partial charge in [-0.1, -0.05) is 18.2 Å². The molecule has 1 amide bonds. The highest BCUT2D eigenvalue weighted by molar-refractivity contribution is 7.08. The third-order valence-corrected chi connectivity index (χ3v) is 5.45. The number of hydrogen-bond acceptors (Lipinski definition) is 6. The van der Waals surface area contributed by atoms with Crippen LogP contribution in [0.4, 0.5) is 0 Å². The van der Waals surface area contributed by atoms with Gasteiger partial charge in [0.1, 0.15) is 5.75 Å². The first-order valence-electron chi connectivity index (χ1n) is 9.07. The number of amides is 1. The Bertz CT molecular complexity index is 871. The van der Waals surface area contributed by atoms with Crippen LogP contribution in [-0.2, 0) is 4.79 Å². The normalized spacial score (nSPS) is 16.3. The van der Waals surface area contributed by atoms with Gasteiger partial charge in [-0.2, -0.15) is 11.3 Å². The Morgan fingerprint density at radius 1 is 1.22 bits per heavy atom. The molecule has 0 aliphatic carbocycles. The number of hydrogen-bond donors (Lipinski definition) is 0. The van der Waals surface area contributed by atoms with Crippen molar-refractivity contribution in [2.75, 3.05) is 13.1 Å². The number of para-hydroxylation sites is 1. The molecule has 0 bridgehead atoms. The molecule has 1 unspecified atom stereocenters. The zero-order valence-electron chi connectivity index (χ0n) is 15.1. The van der Waals surface area contributed by atoms with Crippen LogP contribution in [0.3, 0.4) is 0 Å². The molecule has 3 heterocycles. The molecule has 1 aromatic carbocycles. The second-order valence-corrected chi connectivity index (χ2v) is 7.41. The predicted octanol–water partition coefficient (Wildman–Crippen LogP) is 3.97. The van der Waals surface area contributed by atoms with E-state index in [-0.39, 0.29) is 11.8 Å². The maximum Gasteiger partial charge on any atom is 0.263 e. The molecule has 1 atom stereocenters. The average molecular weight is 383 g/mol. The number of ether oxygens (including phenoxy) is 1. The number of carbonyl (C=O) groups excluding carboxylic acids is 1. The summed E-state index contributed by atoms with van der Waals surface area (Å²) in [6, 6.07) is 11.4. The van der Waals surface area contributed by atoms with E-state index in [0.29, 0.717) is 30.6 Å². The van der Waals surface area contributed by atoms with E-state index in [9.17, 15) is 4.79 Å². The Morgan fingerprint density at radius 2 is 2.00 bits per heavy atom. The van der Waals surface area contributed by atoms with Gasteiger partial charge in [0.05, 0.1) is 0 Å². The standard InChI is InChI=1S/C20H21N3O3S/c1-14(25-17-5-3-2-4-6-17)20(24)23-10-7-15(8-11-23)18-21-22-19(26-18)16-9-12-27-13-16/h2-6,9,12-15H,7-8,10-11H2,1H3. The van der Waals surface area contributed by atoms with E-state index in [4.69, 9.17) is 9.15 Å². The van der Waals surface area contributed by atoms with Crippen molar-refractivity contribution >= 4 is 17.2 Å². The van der Waals surface area contributed by atoms with E-state index < -0.39 is 6.10 Å². The number of piperidine rings is 1. The van der Waals surface area contributed by atoms with E-state index in [1.165, 1.54) is 0 Å². The Balaban J connectivity index is 1.32. The van der Waals surface area contributed by atoms with Gasteiger partial charge in [0, 0.05) is 30.0 Å². The first-order chi connectivity index (χ1) is 13.2. The lowest BCUT2D eigenvalue weighted by Crippen LogP contribution is -2.44. The summed E-state index contributed by atoms with van der Waals surface area (Å²) in [5.41, 5.74) is 0.957. The highest BCUT2D eigenvalue weighted by atomic mass is 32.1. The lowest BCUT2D eigenvalue weighted by molar-refractivity contribution is -0.139. The van der Waals surface area contributed by atoms with Crippen molar-refractivity contribution in [3.05, 3.63) is 53.0 Å². The molecule has 6 nitrogen and oxygen atoms in total. The van der Waals surface area contributed by atoms with Crippen LogP contribution in [0, 0.1) is 0 Å². The molecule has 1 aliphatic heterocycles. The summed E-state index contributed by atoms with van der Waals surface area (Å²) in [7, 11) is 0. The van der Waals surface area contributed by atoms with Crippen LogP contribution in [0.2, 0.25) is 0 Å². The first-order valence-corrected chi connectivity index (χ1v) is 10.0. The van der Waals surface area contributed by atoms with Gasteiger partial charge < -0.3 is 14.1 Å². The Labute approximate surface area is 161 Å². The summed E-state index contributed by atoms with van der Waals surface area (Å²) in [6.45, 7) is 3.14. The van der Waals surface area contributed by atoms with Crippen molar-refractivity contribution < 1.29 is 13.9 Å². The minimum Gasteiger partial charge on any atom is -0.481 e. The molecule has 1 aliphatic rings. The monoisotopic (exact) mass is 383 g/mol. The van der Waals surface area contributed by atoms with Crippen molar-refractivity contribution in [3.8, 4) is 17.2 Å². The molecule has 7 heteroatoms. The van der Waals surface area contributed by atoms with Gasteiger partial charge in [-0.25, -0.2) is 0 Å². The number of aromatic nitrogens is 2. The summed E-state index contributed by atoms with van der Waals surface area (Å²) in [4.78, 5) is 14.5. The molecule has 1 fully saturated rings. The molecule has 0 saturated carbocycles. The number of nitrogens with zero attached hydrogens (tertiary/aromatic N) is 3. The molecule has 2 aromatic heterocycles. The molecule has 0 spiro atoms. The van der Waals surface area contributed by atoms with Crippen molar-refractivity contribution in [2.24, 2.45) is 0 Å². The summed E-state index contributed by atoms with van der Waals surface area (Å²) < 4.78 is 11.6. The molecule has 140 valence electrons. The van der Waals surface area contributed by atoms with Gasteiger partial charge in [0.2, 0.25) is 11.8 Å². The fourth-order valence-electron chi connectivity index (χ4n) is 3.26. The lowest BCUT2D eigenvalue weighted by Gasteiger charge is -2.32. The van der Waals surface area contributed by atoms with Gasteiger partial charge in [-0.3, -0.25) is 4.79 Å². The maximum absolute atomic E-state index is 12.7. The Morgan fingerprint density at radius 3 is 2.70 bits per heavy atom. The van der Waals surface area contributed by atoms with Crippen LogP contribution in [0.5, 0.6) is 5.75 Å². The van der Waals surface area contributed by atoms with Gasteiger partial charge >= 0.3 is 0 Å². The average Bonchev–Trinajstić information content (AvgIpc) is 3.40. The highest BCUT2D eigenvalue weighted by Gasteiger charge is 2.30. The van der Waals surface area contributed by atoms with Gasteiger partial charge in [0.15, 0.2) is 6.10 Å². The summed E-state index contributed by atoms with van der Waals surface area (Å²) in [6.07, 6.45) is 1.13. The van der Waals surface area contributed by atoms with Crippen LogP contribution < -0.4 is 4.74 Å². The van der Waals surface area contributed by atoms with Crippen molar-refractivity contribution in [1.29, 1.82) is 0 Å². The minimum absolute atomic E-state index is 0.0156. The van der Waals surface area contributed by atoms with Crippen LogP contribution in [0.1, 0.15) is 31.6 Å². The molecular weight excluding hydrogens is 362 g/mol. The summed E-state index contributed by atoms with van der Waals surface area (Å²) in [5, 5.41) is 12.3. The van der Waals surface area contributed by atoms with E-state index in [1.54, 1.807) is 18.3 Å². The molecule has 1 saturated heterocycles. The minimum atomic E-state index is -0.502. The van der Waals surface area contributed by atoms with E-state index >= 15 is 0 Å². The molecule has 0 radical (unpaired) electrons. The largest absolute Gasteiger partial charge is 0.481 e. The predicted molar refractivity (Wildman–Crippen MR) is 103 cm³/mol. The SMILES string of the molecule is CC(Oc1ccccc1)C(=O)N1CCC(c2nnc(-c3ccsc3)o2)CC1. The fraction of sp³-hybridized carbons (Fsp3) is 0.350.